The second kappa shape index (κ2) is 9.18. The van der Waals surface area contributed by atoms with Gasteiger partial charge in [-0.2, -0.15) is 9.90 Å². The molecule has 35 heavy (non-hydrogen) atoms. The normalized spacial score (nSPS) is 14.7. The summed E-state index contributed by atoms with van der Waals surface area (Å²) in [7, 11) is 1.70. The lowest BCUT2D eigenvalue weighted by Gasteiger charge is -2.13. The molecule has 5 rings (SSSR count). The van der Waals surface area contributed by atoms with Gasteiger partial charge in [-0.3, -0.25) is 5.32 Å². The summed E-state index contributed by atoms with van der Waals surface area (Å²) in [5.41, 5.74) is 5.21. The minimum atomic E-state index is -0.594. The van der Waals surface area contributed by atoms with Crippen LogP contribution in [0.2, 0.25) is 0 Å². The molecular formula is C28H26N4O3. The number of carbonyl (C=O) groups is 2. The first-order valence-electron chi connectivity index (χ1n) is 11.6. The van der Waals surface area contributed by atoms with Crippen LogP contribution in [0.3, 0.4) is 0 Å². The molecule has 1 atom stereocenters. The van der Waals surface area contributed by atoms with Crippen LogP contribution in [0.5, 0.6) is 0 Å². The van der Waals surface area contributed by atoms with Crippen LogP contribution in [-0.4, -0.2) is 27.4 Å². The van der Waals surface area contributed by atoms with Gasteiger partial charge in [-0.05, 0) is 42.0 Å². The lowest BCUT2D eigenvalue weighted by atomic mass is 9.94. The number of hydrogen-bond donors (Lipinski definition) is 1. The molecule has 1 aliphatic rings. The monoisotopic (exact) mass is 466 g/mol. The third-order valence-corrected chi connectivity index (χ3v) is 6.45. The third kappa shape index (κ3) is 4.71. The van der Waals surface area contributed by atoms with Crippen molar-refractivity contribution in [3.05, 3.63) is 90.0 Å². The summed E-state index contributed by atoms with van der Waals surface area (Å²) in [6.07, 6.45) is 1.93. The fourth-order valence-corrected chi connectivity index (χ4v) is 4.19. The minimum Gasteiger partial charge on any atom is -0.441 e. The van der Waals surface area contributed by atoms with Crippen molar-refractivity contribution < 1.29 is 14.3 Å². The summed E-state index contributed by atoms with van der Waals surface area (Å²) in [6.45, 7) is 1.82. The number of carbonyl (C=O) groups excluding carboxylic acids is 2. The number of aldehydes is 1. The Balaban J connectivity index is 1.30. The molecule has 1 heterocycles. The molecule has 0 saturated heterocycles. The molecule has 0 radical (unpaired) electrons. The van der Waals surface area contributed by atoms with E-state index in [1.54, 1.807) is 7.05 Å². The highest BCUT2D eigenvalue weighted by Crippen LogP contribution is 2.46. The Morgan fingerprint density at radius 1 is 0.943 bits per heavy atom. The van der Waals surface area contributed by atoms with E-state index in [1.807, 2.05) is 85.8 Å². The van der Waals surface area contributed by atoms with Crippen molar-refractivity contribution >= 4 is 18.2 Å². The molecule has 4 aromatic rings. The van der Waals surface area contributed by atoms with Crippen molar-refractivity contribution in [2.75, 3.05) is 5.32 Å². The van der Waals surface area contributed by atoms with E-state index in [2.05, 4.69) is 15.5 Å². The molecule has 0 aliphatic heterocycles. The highest BCUT2D eigenvalue weighted by Gasteiger charge is 2.44. The van der Waals surface area contributed by atoms with Gasteiger partial charge in [-0.1, -0.05) is 78.9 Å². The van der Waals surface area contributed by atoms with Crippen LogP contribution in [0.15, 0.2) is 78.9 Å². The highest BCUT2D eigenvalue weighted by molar-refractivity contribution is 5.88. The van der Waals surface area contributed by atoms with Crippen LogP contribution in [0.25, 0.3) is 22.4 Å². The van der Waals surface area contributed by atoms with Gasteiger partial charge in [0.15, 0.2) is 5.82 Å². The predicted molar refractivity (Wildman–Crippen MR) is 134 cm³/mol. The number of nitrogens with zero attached hydrogens (tertiary/aromatic N) is 3. The molecule has 1 aromatic heterocycles. The second-order valence-electron chi connectivity index (χ2n) is 8.90. The number of benzene rings is 3. The maximum atomic E-state index is 12.5. The number of ether oxygens (including phenoxy) is 1. The maximum Gasteiger partial charge on any atom is 0.413 e. The standard InChI is InChI=1S/C28H26N4O3/c1-19(20-6-4-3-5-7-20)35-27(34)29-26-25(30-32(2)31-26)23-10-8-21(9-11-23)22-12-14-24(15-13-22)28(18-33)16-17-28/h3-15,18-19H,16-17H2,1-2H3,(H,29,31,34)/t19-/m1/s1. The second-order valence-corrected chi connectivity index (χ2v) is 8.90. The fraction of sp³-hybridized carbons (Fsp3) is 0.214. The Bertz CT molecular complexity index is 1340. The maximum absolute atomic E-state index is 12.5. The summed E-state index contributed by atoms with van der Waals surface area (Å²) < 4.78 is 5.51. The van der Waals surface area contributed by atoms with Gasteiger partial charge in [0.25, 0.3) is 0 Å². The highest BCUT2D eigenvalue weighted by atomic mass is 16.6. The van der Waals surface area contributed by atoms with Gasteiger partial charge < -0.3 is 9.53 Å². The quantitative estimate of drug-likeness (QED) is 0.354. The van der Waals surface area contributed by atoms with E-state index in [0.717, 1.165) is 46.9 Å². The average Bonchev–Trinajstić information content (AvgIpc) is 3.61. The molecule has 1 fully saturated rings. The zero-order valence-corrected chi connectivity index (χ0v) is 19.6. The van der Waals surface area contributed by atoms with Gasteiger partial charge in [-0.15, -0.1) is 5.10 Å². The van der Waals surface area contributed by atoms with E-state index in [4.69, 9.17) is 4.74 Å². The molecule has 0 spiro atoms. The molecule has 7 heteroatoms. The molecule has 1 amide bonds. The van der Waals surface area contributed by atoms with Crippen molar-refractivity contribution in [2.24, 2.45) is 7.05 Å². The van der Waals surface area contributed by atoms with Crippen LogP contribution in [0, 0.1) is 0 Å². The van der Waals surface area contributed by atoms with Crippen LogP contribution in [0.4, 0.5) is 10.6 Å². The number of amides is 1. The van der Waals surface area contributed by atoms with Crippen LogP contribution >= 0.6 is 0 Å². The summed E-state index contributed by atoms with van der Waals surface area (Å²) in [4.78, 5) is 25.3. The zero-order chi connectivity index (χ0) is 24.4. The summed E-state index contributed by atoms with van der Waals surface area (Å²) in [5, 5.41) is 11.5. The van der Waals surface area contributed by atoms with E-state index in [1.165, 1.54) is 4.80 Å². The lowest BCUT2D eigenvalue weighted by Crippen LogP contribution is -2.17. The van der Waals surface area contributed by atoms with Crippen LogP contribution in [0.1, 0.15) is 37.0 Å². The average molecular weight is 467 g/mol. The largest absolute Gasteiger partial charge is 0.441 e. The van der Waals surface area contributed by atoms with Crippen molar-refractivity contribution in [2.45, 2.75) is 31.3 Å². The van der Waals surface area contributed by atoms with Gasteiger partial charge in [0.1, 0.15) is 18.1 Å². The molecule has 1 aliphatic carbocycles. The number of anilines is 1. The lowest BCUT2D eigenvalue weighted by molar-refractivity contribution is -0.109. The van der Waals surface area contributed by atoms with Crippen LogP contribution in [-0.2, 0) is 22.0 Å². The van der Waals surface area contributed by atoms with E-state index in [0.29, 0.717) is 11.5 Å². The van der Waals surface area contributed by atoms with E-state index >= 15 is 0 Å². The van der Waals surface area contributed by atoms with Gasteiger partial charge in [0.05, 0.1) is 5.41 Å². The van der Waals surface area contributed by atoms with Gasteiger partial charge in [-0.25, -0.2) is 4.79 Å². The molecular weight excluding hydrogens is 440 g/mol. The Kier molecular flexibility index (Phi) is 5.91. The van der Waals surface area contributed by atoms with Crippen molar-refractivity contribution in [1.82, 2.24) is 15.0 Å². The van der Waals surface area contributed by atoms with E-state index < -0.39 is 12.2 Å². The zero-order valence-electron chi connectivity index (χ0n) is 19.6. The fourth-order valence-electron chi connectivity index (χ4n) is 4.19. The molecule has 3 aromatic carbocycles. The first-order valence-corrected chi connectivity index (χ1v) is 11.6. The van der Waals surface area contributed by atoms with Gasteiger partial charge >= 0.3 is 6.09 Å². The Hall–Kier alpha value is -4.26. The smallest absolute Gasteiger partial charge is 0.413 e. The summed E-state index contributed by atoms with van der Waals surface area (Å²) >= 11 is 0. The van der Waals surface area contributed by atoms with Crippen molar-refractivity contribution in [1.29, 1.82) is 0 Å². The predicted octanol–water partition coefficient (Wildman–Crippen LogP) is 5.69. The molecule has 176 valence electrons. The number of hydrogen-bond acceptors (Lipinski definition) is 5. The number of aryl methyl sites for hydroxylation is 1. The SMILES string of the molecule is C[C@@H](OC(=O)Nc1nn(C)nc1-c1ccc(-c2ccc(C3(C=O)CC3)cc2)cc1)c1ccccc1. The van der Waals surface area contributed by atoms with Crippen LogP contribution < -0.4 is 5.32 Å². The van der Waals surface area contributed by atoms with Crippen molar-refractivity contribution in [3.8, 4) is 22.4 Å². The molecule has 0 unspecified atom stereocenters. The minimum absolute atomic E-state index is 0.266. The summed E-state index contributed by atoms with van der Waals surface area (Å²) in [5.74, 6) is 0.332. The Morgan fingerprint density at radius 3 is 2.14 bits per heavy atom. The molecule has 1 saturated carbocycles. The number of aromatic nitrogens is 3. The number of nitrogens with one attached hydrogen (secondary N) is 1. The first-order chi connectivity index (χ1) is 17.0. The Labute approximate surface area is 203 Å². The number of rotatable bonds is 7. The Morgan fingerprint density at radius 2 is 1.54 bits per heavy atom. The third-order valence-electron chi connectivity index (χ3n) is 6.45. The van der Waals surface area contributed by atoms with Crippen molar-refractivity contribution in [3.63, 3.8) is 0 Å². The van der Waals surface area contributed by atoms with E-state index in [-0.39, 0.29) is 5.41 Å². The topological polar surface area (TPSA) is 86.1 Å². The molecule has 0 bridgehead atoms. The van der Waals surface area contributed by atoms with Gasteiger partial charge in [0.2, 0.25) is 0 Å². The first kappa shape index (κ1) is 22.5. The van der Waals surface area contributed by atoms with E-state index in [9.17, 15) is 9.59 Å². The molecule has 1 N–H and O–H groups in total. The molecule has 7 nitrogen and oxygen atoms in total. The van der Waals surface area contributed by atoms with Gasteiger partial charge in [0, 0.05) is 12.6 Å². The summed E-state index contributed by atoms with van der Waals surface area (Å²) in [6, 6.07) is 25.6.